The smallest absolute Gasteiger partial charge is 0.339 e. The van der Waals surface area contributed by atoms with Crippen LogP contribution in [0.4, 0.5) is 11.4 Å². The number of ether oxygens (including phenoxy) is 3. The van der Waals surface area contributed by atoms with Gasteiger partial charge >= 0.3 is 5.97 Å². The molecule has 1 aliphatic rings. The Morgan fingerprint density at radius 2 is 1.78 bits per heavy atom. The van der Waals surface area contributed by atoms with E-state index in [9.17, 15) is 23.1 Å². The van der Waals surface area contributed by atoms with Crippen molar-refractivity contribution in [1.82, 2.24) is 0 Å². The summed E-state index contributed by atoms with van der Waals surface area (Å²) >= 11 is 6.05. The van der Waals surface area contributed by atoms with Crippen LogP contribution < -0.4 is 23.8 Å². The van der Waals surface area contributed by atoms with Crippen molar-refractivity contribution in [2.45, 2.75) is 4.90 Å². The van der Waals surface area contributed by atoms with Gasteiger partial charge in [-0.1, -0.05) is 11.6 Å². The third-order valence-electron chi connectivity index (χ3n) is 5.43. The van der Waals surface area contributed by atoms with Crippen molar-refractivity contribution in [1.29, 1.82) is 0 Å². The minimum absolute atomic E-state index is 0.00389. The molecule has 0 atom stereocenters. The number of carboxylic acids is 1. The van der Waals surface area contributed by atoms with E-state index in [1.807, 2.05) is 0 Å². The van der Waals surface area contributed by atoms with Gasteiger partial charge in [-0.05, 0) is 48.5 Å². The molecule has 188 valence electrons. The SMILES string of the molecule is COc1cc(NC(=O)c2ccc3c(c2)N(S(=O)(=O)c2cc(Cl)ccc2OC)CCO3)ccc1C(=O)O. The number of benzene rings is 3. The van der Waals surface area contributed by atoms with Crippen molar-refractivity contribution in [3.8, 4) is 17.2 Å². The van der Waals surface area contributed by atoms with Crippen LogP contribution in [0, 0.1) is 0 Å². The molecule has 0 saturated carbocycles. The van der Waals surface area contributed by atoms with Gasteiger partial charge in [-0.3, -0.25) is 9.10 Å². The van der Waals surface area contributed by atoms with Gasteiger partial charge in [0.25, 0.3) is 15.9 Å². The highest BCUT2D eigenvalue weighted by Gasteiger charge is 2.33. The molecule has 0 aromatic heterocycles. The zero-order valence-electron chi connectivity index (χ0n) is 19.1. The van der Waals surface area contributed by atoms with E-state index in [0.29, 0.717) is 5.69 Å². The molecule has 3 aromatic rings. The van der Waals surface area contributed by atoms with Crippen LogP contribution in [0.1, 0.15) is 20.7 Å². The summed E-state index contributed by atoms with van der Waals surface area (Å²) in [7, 11) is -1.45. The molecular weight excluding hydrogens is 512 g/mol. The Morgan fingerprint density at radius 3 is 2.47 bits per heavy atom. The molecule has 1 amide bonds. The van der Waals surface area contributed by atoms with E-state index in [0.717, 1.165) is 4.31 Å². The zero-order chi connectivity index (χ0) is 26.0. The van der Waals surface area contributed by atoms with Crippen molar-refractivity contribution in [2.75, 3.05) is 37.0 Å². The van der Waals surface area contributed by atoms with Crippen LogP contribution in [0.15, 0.2) is 59.5 Å². The maximum Gasteiger partial charge on any atom is 0.339 e. The molecule has 0 bridgehead atoms. The molecule has 12 heteroatoms. The fourth-order valence-corrected chi connectivity index (χ4v) is 5.58. The lowest BCUT2D eigenvalue weighted by atomic mass is 10.1. The lowest BCUT2D eigenvalue weighted by molar-refractivity contribution is 0.0693. The first-order chi connectivity index (χ1) is 17.1. The molecular formula is C24H21ClN2O8S. The minimum atomic E-state index is -4.12. The van der Waals surface area contributed by atoms with Crippen molar-refractivity contribution in [3.05, 3.63) is 70.7 Å². The molecule has 0 aliphatic carbocycles. The third-order valence-corrected chi connectivity index (χ3v) is 7.49. The van der Waals surface area contributed by atoms with Crippen LogP contribution in [0.25, 0.3) is 0 Å². The number of anilines is 2. The third kappa shape index (κ3) is 4.75. The van der Waals surface area contributed by atoms with Crippen LogP contribution in [0.5, 0.6) is 17.2 Å². The lowest BCUT2D eigenvalue weighted by Gasteiger charge is -2.31. The van der Waals surface area contributed by atoms with E-state index >= 15 is 0 Å². The van der Waals surface area contributed by atoms with Crippen molar-refractivity contribution >= 4 is 44.9 Å². The van der Waals surface area contributed by atoms with Gasteiger partial charge in [-0.2, -0.15) is 0 Å². The monoisotopic (exact) mass is 532 g/mol. The summed E-state index contributed by atoms with van der Waals surface area (Å²) < 4.78 is 44.2. The summed E-state index contributed by atoms with van der Waals surface area (Å²) in [5.74, 6) is -1.23. The van der Waals surface area contributed by atoms with Crippen LogP contribution in [0.2, 0.25) is 5.02 Å². The standard InChI is InChI=1S/C24H21ClN2O8S/c1-33-20-8-4-15(25)12-22(20)36(31,32)27-9-10-35-19-7-3-14(11-18(19)27)23(28)26-16-5-6-17(24(29)30)21(13-16)34-2/h3-8,11-13H,9-10H2,1-2H3,(H,26,28)(H,29,30). The number of aromatic carboxylic acids is 1. The van der Waals surface area contributed by atoms with Gasteiger partial charge in [0.15, 0.2) is 0 Å². The number of nitrogens with one attached hydrogen (secondary N) is 1. The number of rotatable bonds is 7. The number of carbonyl (C=O) groups excluding carboxylic acids is 1. The summed E-state index contributed by atoms with van der Waals surface area (Å²) in [4.78, 5) is 24.2. The Labute approximate surface area is 212 Å². The number of fused-ring (bicyclic) bond motifs is 1. The Balaban J connectivity index is 1.68. The highest BCUT2D eigenvalue weighted by molar-refractivity contribution is 7.93. The Morgan fingerprint density at radius 1 is 1.03 bits per heavy atom. The predicted octanol–water partition coefficient (Wildman–Crippen LogP) is 3.90. The van der Waals surface area contributed by atoms with Crippen molar-refractivity contribution < 1.29 is 37.3 Å². The Bertz CT molecular complexity index is 1460. The van der Waals surface area contributed by atoms with Gasteiger partial charge < -0.3 is 24.6 Å². The minimum Gasteiger partial charge on any atom is -0.496 e. The molecule has 2 N–H and O–H groups in total. The van der Waals surface area contributed by atoms with Crippen molar-refractivity contribution in [2.24, 2.45) is 0 Å². The number of amides is 1. The molecule has 0 fully saturated rings. The summed E-state index contributed by atoms with van der Waals surface area (Å²) in [5, 5.41) is 12.1. The van der Waals surface area contributed by atoms with Gasteiger partial charge in [-0.15, -0.1) is 0 Å². The first-order valence-corrected chi connectivity index (χ1v) is 12.3. The summed E-state index contributed by atoms with van der Waals surface area (Å²) in [6.07, 6.45) is 0. The zero-order valence-corrected chi connectivity index (χ0v) is 20.7. The number of sulfonamides is 1. The second-order valence-electron chi connectivity index (χ2n) is 7.58. The van der Waals surface area contributed by atoms with Crippen LogP contribution in [-0.4, -0.2) is 52.8 Å². The molecule has 0 saturated heterocycles. The summed E-state index contributed by atoms with van der Waals surface area (Å²) in [5.41, 5.74) is 0.566. The summed E-state index contributed by atoms with van der Waals surface area (Å²) in [6, 6.07) is 12.8. The molecule has 0 unspecified atom stereocenters. The average molecular weight is 533 g/mol. The fraction of sp³-hybridized carbons (Fsp3) is 0.167. The second-order valence-corrected chi connectivity index (χ2v) is 9.84. The largest absolute Gasteiger partial charge is 0.496 e. The van der Waals surface area contributed by atoms with E-state index in [1.54, 1.807) is 0 Å². The quantitative estimate of drug-likeness (QED) is 0.468. The van der Waals surface area contributed by atoms with E-state index < -0.39 is 21.9 Å². The van der Waals surface area contributed by atoms with E-state index in [1.165, 1.54) is 68.8 Å². The lowest BCUT2D eigenvalue weighted by Crippen LogP contribution is -2.38. The number of carboxylic acid groups (broad SMARTS) is 1. The number of nitrogens with zero attached hydrogens (tertiary/aromatic N) is 1. The molecule has 1 aliphatic heterocycles. The maximum atomic E-state index is 13.6. The van der Waals surface area contributed by atoms with Gasteiger partial charge in [0.1, 0.15) is 34.3 Å². The molecule has 10 nitrogen and oxygen atoms in total. The fourth-order valence-electron chi connectivity index (χ4n) is 3.70. The van der Waals surface area contributed by atoms with Crippen LogP contribution >= 0.6 is 11.6 Å². The number of hydrogen-bond donors (Lipinski definition) is 2. The molecule has 36 heavy (non-hydrogen) atoms. The molecule has 3 aromatic carbocycles. The Kier molecular flexibility index (Phi) is 6.95. The molecule has 1 heterocycles. The maximum absolute atomic E-state index is 13.6. The average Bonchev–Trinajstić information content (AvgIpc) is 2.87. The number of carbonyl (C=O) groups is 2. The van der Waals surface area contributed by atoms with Gasteiger partial charge in [-0.25, -0.2) is 13.2 Å². The first-order valence-electron chi connectivity index (χ1n) is 10.5. The number of hydrogen-bond acceptors (Lipinski definition) is 7. The van der Waals surface area contributed by atoms with Gasteiger partial charge in [0, 0.05) is 22.3 Å². The highest BCUT2D eigenvalue weighted by Crippen LogP contribution is 2.39. The van der Waals surface area contributed by atoms with E-state index in [2.05, 4.69) is 5.32 Å². The van der Waals surface area contributed by atoms with Crippen molar-refractivity contribution in [3.63, 3.8) is 0 Å². The van der Waals surface area contributed by atoms with E-state index in [4.69, 9.17) is 25.8 Å². The summed E-state index contributed by atoms with van der Waals surface area (Å²) in [6.45, 7) is 0.111. The van der Waals surface area contributed by atoms with Gasteiger partial charge in [0.2, 0.25) is 0 Å². The first kappa shape index (κ1) is 25.1. The Hall–Kier alpha value is -3.96. The second kappa shape index (κ2) is 9.96. The van der Waals surface area contributed by atoms with Crippen LogP contribution in [-0.2, 0) is 10.0 Å². The predicted molar refractivity (Wildman–Crippen MR) is 132 cm³/mol. The molecule has 0 spiro atoms. The normalized spacial score (nSPS) is 12.8. The number of halogens is 1. The molecule has 0 radical (unpaired) electrons. The number of methoxy groups -OCH3 is 2. The van der Waals surface area contributed by atoms with Crippen LogP contribution in [0.3, 0.4) is 0 Å². The topological polar surface area (TPSA) is 131 Å². The van der Waals surface area contributed by atoms with Gasteiger partial charge in [0.05, 0.1) is 26.5 Å². The highest BCUT2D eigenvalue weighted by atomic mass is 35.5. The molecule has 4 rings (SSSR count). The van der Waals surface area contributed by atoms with E-state index in [-0.39, 0.29) is 57.1 Å².